The lowest BCUT2D eigenvalue weighted by molar-refractivity contribution is -0.126. The number of amides is 2. The lowest BCUT2D eigenvalue weighted by atomic mass is 9.98. The maximum absolute atomic E-state index is 13.0. The molecule has 0 radical (unpaired) electrons. The largest absolute Gasteiger partial charge is 0.279 e. The van der Waals surface area contributed by atoms with E-state index in [-0.39, 0.29) is 35.7 Å². The van der Waals surface area contributed by atoms with Crippen LogP contribution in [0.2, 0.25) is 0 Å². The summed E-state index contributed by atoms with van der Waals surface area (Å²) in [5, 5.41) is 0. The molecule has 0 unspecified atom stereocenters. The van der Waals surface area contributed by atoms with Crippen LogP contribution in [0, 0.1) is 19.8 Å². The molecule has 2 heterocycles. The standard InChI is InChI=1S/C23H29N3O4S2/c1-15-7-8-19(13-16(15)2)32(29,30)26-11-9-17(10-12-26)22(27)24-25-23(28)21-14-18-5-3-4-6-20(18)31-21/h7-8,13-14,17H,3-6,9-12H2,1-2H3,(H,24,27)(H,25,28). The molecule has 172 valence electrons. The number of carbonyl (C=O) groups excluding carboxylic acids is 2. The Balaban J connectivity index is 1.30. The zero-order valence-corrected chi connectivity index (χ0v) is 20.1. The zero-order chi connectivity index (χ0) is 22.9. The van der Waals surface area contributed by atoms with Gasteiger partial charge >= 0.3 is 0 Å². The lowest BCUT2D eigenvalue weighted by Crippen LogP contribution is -2.48. The number of nitrogens with one attached hydrogen (secondary N) is 2. The molecule has 0 atom stereocenters. The molecule has 1 saturated heterocycles. The summed E-state index contributed by atoms with van der Waals surface area (Å²) >= 11 is 1.50. The number of fused-ring (bicyclic) bond motifs is 1. The van der Waals surface area contributed by atoms with Crippen molar-refractivity contribution in [3.05, 3.63) is 50.7 Å². The molecule has 0 saturated carbocycles. The topological polar surface area (TPSA) is 95.6 Å². The molecule has 0 bridgehead atoms. The summed E-state index contributed by atoms with van der Waals surface area (Å²) < 4.78 is 27.3. The quantitative estimate of drug-likeness (QED) is 0.664. The van der Waals surface area contributed by atoms with Crippen LogP contribution in [0.25, 0.3) is 0 Å². The van der Waals surface area contributed by atoms with Crippen molar-refractivity contribution in [2.45, 2.75) is 57.3 Å². The van der Waals surface area contributed by atoms with Gasteiger partial charge in [-0.1, -0.05) is 6.07 Å². The van der Waals surface area contributed by atoms with Crippen LogP contribution in [0.4, 0.5) is 0 Å². The van der Waals surface area contributed by atoms with E-state index in [2.05, 4.69) is 10.9 Å². The van der Waals surface area contributed by atoms with Crippen LogP contribution in [0.15, 0.2) is 29.2 Å². The van der Waals surface area contributed by atoms with Gasteiger partial charge in [-0.3, -0.25) is 20.4 Å². The molecule has 2 aliphatic rings. The highest BCUT2D eigenvalue weighted by Gasteiger charge is 2.32. The maximum Gasteiger partial charge on any atom is 0.279 e. The highest BCUT2D eigenvalue weighted by Crippen LogP contribution is 2.29. The van der Waals surface area contributed by atoms with Gasteiger partial charge in [-0.15, -0.1) is 11.3 Å². The van der Waals surface area contributed by atoms with Gasteiger partial charge in [0.1, 0.15) is 0 Å². The van der Waals surface area contributed by atoms with Crippen molar-refractivity contribution in [1.82, 2.24) is 15.2 Å². The Morgan fingerprint density at radius 1 is 1.00 bits per heavy atom. The molecule has 4 rings (SSSR count). The van der Waals surface area contributed by atoms with Crippen molar-refractivity contribution < 1.29 is 18.0 Å². The molecule has 0 spiro atoms. The predicted molar refractivity (Wildman–Crippen MR) is 124 cm³/mol. The fourth-order valence-electron chi connectivity index (χ4n) is 4.27. The Morgan fingerprint density at radius 2 is 1.72 bits per heavy atom. The van der Waals surface area contributed by atoms with E-state index in [0.717, 1.165) is 36.8 Å². The van der Waals surface area contributed by atoms with E-state index in [0.29, 0.717) is 17.7 Å². The fourth-order valence-corrected chi connectivity index (χ4v) is 6.97. The van der Waals surface area contributed by atoms with Crippen molar-refractivity contribution >= 4 is 33.2 Å². The number of hydrazine groups is 1. The van der Waals surface area contributed by atoms with Crippen molar-refractivity contribution in [2.24, 2.45) is 5.92 Å². The number of rotatable bonds is 4. The lowest BCUT2D eigenvalue weighted by Gasteiger charge is -2.30. The van der Waals surface area contributed by atoms with Crippen molar-refractivity contribution in [3.8, 4) is 0 Å². The SMILES string of the molecule is Cc1ccc(S(=O)(=O)N2CCC(C(=O)NNC(=O)c3cc4c(s3)CCCC4)CC2)cc1C. The molecule has 2 N–H and O–H groups in total. The molecule has 7 nitrogen and oxygen atoms in total. The molecule has 1 aromatic heterocycles. The van der Waals surface area contributed by atoms with E-state index in [1.807, 2.05) is 26.0 Å². The van der Waals surface area contributed by atoms with Gasteiger partial charge in [-0.25, -0.2) is 8.42 Å². The number of aryl methyl sites for hydroxylation is 4. The Kier molecular flexibility index (Phi) is 6.69. The molecule has 1 fully saturated rings. The number of nitrogens with zero attached hydrogens (tertiary/aromatic N) is 1. The van der Waals surface area contributed by atoms with Gasteiger partial charge in [0.2, 0.25) is 15.9 Å². The summed E-state index contributed by atoms with van der Waals surface area (Å²) in [6.45, 7) is 4.39. The average Bonchev–Trinajstić information content (AvgIpc) is 3.23. The number of carbonyl (C=O) groups is 2. The van der Waals surface area contributed by atoms with Crippen molar-refractivity contribution in [3.63, 3.8) is 0 Å². The molecule has 32 heavy (non-hydrogen) atoms. The van der Waals surface area contributed by atoms with E-state index < -0.39 is 10.0 Å². The highest BCUT2D eigenvalue weighted by atomic mass is 32.2. The molecule has 2 amide bonds. The number of hydrogen-bond donors (Lipinski definition) is 2. The van der Waals surface area contributed by atoms with Crippen LogP contribution >= 0.6 is 11.3 Å². The number of piperidine rings is 1. The summed E-state index contributed by atoms with van der Waals surface area (Å²) in [6.07, 6.45) is 5.17. The summed E-state index contributed by atoms with van der Waals surface area (Å²) in [6, 6.07) is 7.07. The molecule has 1 aliphatic carbocycles. The minimum atomic E-state index is -3.58. The van der Waals surface area contributed by atoms with Crippen LogP contribution in [0.3, 0.4) is 0 Å². The Hall–Kier alpha value is -2.23. The monoisotopic (exact) mass is 475 g/mol. The van der Waals surface area contributed by atoms with Crippen LogP contribution < -0.4 is 10.9 Å². The Bertz CT molecular complexity index is 1110. The van der Waals surface area contributed by atoms with Gasteiger partial charge in [0.15, 0.2) is 0 Å². The van der Waals surface area contributed by atoms with E-state index >= 15 is 0 Å². The van der Waals surface area contributed by atoms with Crippen LogP contribution in [0.1, 0.15) is 56.9 Å². The molecule has 2 aromatic rings. The molecular formula is C23H29N3O4S2. The number of hydrogen-bond acceptors (Lipinski definition) is 5. The van der Waals surface area contributed by atoms with Crippen molar-refractivity contribution in [1.29, 1.82) is 0 Å². The number of sulfonamides is 1. The van der Waals surface area contributed by atoms with Crippen LogP contribution in [-0.2, 0) is 27.7 Å². The van der Waals surface area contributed by atoms with E-state index in [1.165, 1.54) is 26.1 Å². The zero-order valence-electron chi connectivity index (χ0n) is 18.4. The first-order chi connectivity index (χ1) is 15.3. The summed E-state index contributed by atoms with van der Waals surface area (Å²) in [5.74, 6) is -0.909. The maximum atomic E-state index is 13.0. The average molecular weight is 476 g/mol. The molecule has 1 aromatic carbocycles. The van der Waals surface area contributed by atoms with Gasteiger partial charge in [-0.2, -0.15) is 4.31 Å². The highest BCUT2D eigenvalue weighted by molar-refractivity contribution is 7.89. The number of thiophene rings is 1. The van der Waals surface area contributed by atoms with E-state index in [1.54, 1.807) is 12.1 Å². The van der Waals surface area contributed by atoms with E-state index in [4.69, 9.17) is 0 Å². The third-order valence-corrected chi connectivity index (χ3v) is 9.59. The second kappa shape index (κ2) is 9.33. The summed E-state index contributed by atoms with van der Waals surface area (Å²) in [5.41, 5.74) is 8.28. The summed E-state index contributed by atoms with van der Waals surface area (Å²) in [7, 11) is -3.58. The normalized spacial score (nSPS) is 17.6. The minimum Gasteiger partial charge on any atom is -0.273 e. The summed E-state index contributed by atoms with van der Waals surface area (Å²) in [4.78, 5) is 27.2. The van der Waals surface area contributed by atoms with Gasteiger partial charge in [0, 0.05) is 23.9 Å². The third-order valence-electron chi connectivity index (χ3n) is 6.46. The van der Waals surface area contributed by atoms with E-state index in [9.17, 15) is 18.0 Å². The second-order valence-corrected chi connectivity index (χ2v) is 11.7. The Labute approximate surface area is 193 Å². The van der Waals surface area contributed by atoms with Crippen LogP contribution in [-0.4, -0.2) is 37.6 Å². The van der Waals surface area contributed by atoms with Gasteiger partial charge in [-0.05, 0) is 87.3 Å². The first-order valence-electron chi connectivity index (χ1n) is 11.0. The first-order valence-corrected chi connectivity index (χ1v) is 13.3. The molecule has 1 aliphatic heterocycles. The number of benzene rings is 1. The van der Waals surface area contributed by atoms with Gasteiger partial charge in [0.25, 0.3) is 5.91 Å². The third kappa shape index (κ3) is 4.74. The Morgan fingerprint density at radius 3 is 2.41 bits per heavy atom. The fraction of sp³-hybridized carbons (Fsp3) is 0.478. The van der Waals surface area contributed by atoms with Crippen LogP contribution in [0.5, 0.6) is 0 Å². The minimum absolute atomic E-state index is 0.275. The predicted octanol–water partition coefficient (Wildman–Crippen LogP) is 3.11. The second-order valence-electron chi connectivity index (χ2n) is 8.63. The van der Waals surface area contributed by atoms with Gasteiger partial charge in [0.05, 0.1) is 9.77 Å². The van der Waals surface area contributed by atoms with Gasteiger partial charge < -0.3 is 0 Å². The van der Waals surface area contributed by atoms with Crippen molar-refractivity contribution in [2.75, 3.05) is 13.1 Å². The first kappa shape index (κ1) is 22.9. The molecular weight excluding hydrogens is 446 g/mol. The smallest absolute Gasteiger partial charge is 0.273 e. The molecule has 9 heteroatoms.